The van der Waals surface area contributed by atoms with Crippen LogP contribution in [0.3, 0.4) is 0 Å². The lowest BCUT2D eigenvalue weighted by Crippen LogP contribution is -2.46. The van der Waals surface area contributed by atoms with Gasteiger partial charge in [-0.3, -0.25) is 4.79 Å². The second-order valence-corrected chi connectivity index (χ2v) is 7.34. The lowest BCUT2D eigenvalue weighted by molar-refractivity contribution is 0.0841. The fraction of sp³-hybridized carbons (Fsp3) is 0.667. The molecule has 1 atom stereocenters. The van der Waals surface area contributed by atoms with Gasteiger partial charge in [0.25, 0.3) is 5.91 Å². The molecule has 1 amide bonds. The third kappa shape index (κ3) is 4.24. The molecule has 1 saturated heterocycles. The molecule has 2 N–H and O–H groups in total. The number of aliphatic hydroxyl groups excluding tert-OH is 1. The van der Waals surface area contributed by atoms with Crippen molar-refractivity contribution in [3.05, 3.63) is 23.4 Å². The van der Waals surface area contributed by atoms with Crippen molar-refractivity contribution in [2.45, 2.75) is 51.2 Å². The molecule has 2 aliphatic rings. The Kier molecular flexibility index (Phi) is 5.06. The van der Waals surface area contributed by atoms with Crippen molar-refractivity contribution in [3.8, 4) is 5.88 Å². The highest BCUT2D eigenvalue weighted by Crippen LogP contribution is 2.32. The fourth-order valence-electron chi connectivity index (χ4n) is 2.69. The smallest absolute Gasteiger partial charge is 0.270 e. The summed E-state index contributed by atoms with van der Waals surface area (Å²) in [5.74, 6) is 0.780. The van der Waals surface area contributed by atoms with E-state index < -0.39 is 5.54 Å². The van der Waals surface area contributed by atoms with Gasteiger partial charge in [0, 0.05) is 18.2 Å². The minimum atomic E-state index is -0.711. The normalized spacial score (nSPS) is 20.9. The number of aliphatic hydroxyl groups is 1. The Bertz CT molecular complexity index is 593. The van der Waals surface area contributed by atoms with Gasteiger partial charge in [-0.2, -0.15) is 0 Å². The van der Waals surface area contributed by atoms with Crippen molar-refractivity contribution < 1.29 is 19.4 Å². The maximum Gasteiger partial charge on any atom is 0.270 e. The number of nitrogens with one attached hydrogen (secondary N) is 1. The minimum absolute atomic E-state index is 0.104. The Morgan fingerprint density at radius 2 is 2.21 bits per heavy atom. The van der Waals surface area contributed by atoms with Gasteiger partial charge in [0.2, 0.25) is 5.88 Å². The van der Waals surface area contributed by atoms with Crippen LogP contribution in [0.1, 0.15) is 61.7 Å². The first kappa shape index (κ1) is 17.2. The van der Waals surface area contributed by atoms with Gasteiger partial charge in [0.15, 0.2) is 0 Å². The summed E-state index contributed by atoms with van der Waals surface area (Å²) >= 11 is 0. The highest BCUT2D eigenvalue weighted by molar-refractivity contribution is 5.94. The maximum atomic E-state index is 12.7. The number of carbonyl (C=O) groups excluding carboxylic acids is 1. The number of ether oxygens (including phenoxy) is 2. The number of aromatic nitrogens is 1. The van der Waals surface area contributed by atoms with Crippen LogP contribution in [0.25, 0.3) is 0 Å². The Balaban J connectivity index is 1.82. The molecule has 132 valence electrons. The van der Waals surface area contributed by atoms with Crippen LogP contribution < -0.4 is 10.1 Å². The van der Waals surface area contributed by atoms with Gasteiger partial charge in [-0.1, -0.05) is 0 Å². The van der Waals surface area contributed by atoms with E-state index in [2.05, 4.69) is 10.3 Å². The molecular weight excluding hydrogens is 308 g/mol. The van der Waals surface area contributed by atoms with Crippen LogP contribution in [0, 0.1) is 5.92 Å². The third-order valence-corrected chi connectivity index (χ3v) is 4.40. The molecule has 3 rings (SSSR count). The van der Waals surface area contributed by atoms with Crippen LogP contribution in [-0.4, -0.2) is 41.4 Å². The lowest BCUT2D eigenvalue weighted by atomic mass is 10.0. The van der Waals surface area contributed by atoms with E-state index in [1.807, 2.05) is 12.1 Å². The van der Waals surface area contributed by atoms with Crippen LogP contribution in [0.4, 0.5) is 0 Å². The monoisotopic (exact) mass is 334 g/mol. The highest BCUT2D eigenvalue weighted by atomic mass is 16.5. The highest BCUT2D eigenvalue weighted by Gasteiger charge is 2.28. The first-order valence-corrected chi connectivity index (χ1v) is 8.67. The molecule has 1 aliphatic carbocycles. The quantitative estimate of drug-likeness (QED) is 0.799. The van der Waals surface area contributed by atoms with Crippen molar-refractivity contribution in [2.75, 3.05) is 19.8 Å². The van der Waals surface area contributed by atoms with Gasteiger partial charge in [0.05, 0.1) is 24.9 Å². The predicted octanol–water partition coefficient (Wildman–Crippen LogP) is 2.22. The molecule has 1 aromatic rings. The molecule has 0 spiro atoms. The van der Waals surface area contributed by atoms with Crippen molar-refractivity contribution in [1.29, 1.82) is 0 Å². The molecule has 0 bridgehead atoms. The SMILES string of the molecule is CC(C)(CO)NC(=O)c1nc(OCC2CC2)ccc1C1CCCO1. The number of rotatable bonds is 7. The molecule has 1 aromatic heterocycles. The predicted molar refractivity (Wildman–Crippen MR) is 89.0 cm³/mol. The Morgan fingerprint density at radius 3 is 2.83 bits per heavy atom. The molecule has 1 saturated carbocycles. The molecule has 0 aromatic carbocycles. The molecule has 1 aliphatic heterocycles. The van der Waals surface area contributed by atoms with E-state index in [1.54, 1.807) is 13.8 Å². The third-order valence-electron chi connectivity index (χ3n) is 4.40. The van der Waals surface area contributed by atoms with Crippen molar-refractivity contribution in [1.82, 2.24) is 10.3 Å². The van der Waals surface area contributed by atoms with Crippen LogP contribution in [-0.2, 0) is 4.74 Å². The van der Waals surface area contributed by atoms with E-state index in [0.29, 0.717) is 30.7 Å². The van der Waals surface area contributed by atoms with Gasteiger partial charge in [-0.05, 0) is 51.5 Å². The molecule has 0 radical (unpaired) electrons. The summed E-state index contributed by atoms with van der Waals surface area (Å²) in [4.78, 5) is 17.1. The van der Waals surface area contributed by atoms with E-state index in [4.69, 9.17) is 9.47 Å². The zero-order valence-corrected chi connectivity index (χ0v) is 14.4. The Hall–Kier alpha value is -1.66. The summed E-state index contributed by atoms with van der Waals surface area (Å²) in [6, 6.07) is 3.69. The molecule has 2 heterocycles. The van der Waals surface area contributed by atoms with E-state index in [9.17, 15) is 9.90 Å². The number of carbonyl (C=O) groups is 1. The summed E-state index contributed by atoms with van der Waals surface area (Å²) in [7, 11) is 0. The molecule has 24 heavy (non-hydrogen) atoms. The first-order valence-electron chi connectivity index (χ1n) is 8.67. The Labute approximate surface area is 142 Å². The first-order chi connectivity index (χ1) is 11.5. The average Bonchev–Trinajstić information content (AvgIpc) is 3.24. The fourth-order valence-corrected chi connectivity index (χ4v) is 2.69. The van der Waals surface area contributed by atoms with Gasteiger partial charge in [0.1, 0.15) is 5.69 Å². The average molecular weight is 334 g/mol. The van der Waals surface area contributed by atoms with E-state index in [0.717, 1.165) is 18.4 Å². The second kappa shape index (κ2) is 7.07. The van der Waals surface area contributed by atoms with Crippen molar-refractivity contribution in [2.24, 2.45) is 5.92 Å². The molecular formula is C18H26N2O4. The summed E-state index contributed by atoms with van der Waals surface area (Å²) < 4.78 is 11.4. The van der Waals surface area contributed by atoms with Crippen LogP contribution in [0.2, 0.25) is 0 Å². The summed E-state index contributed by atoms with van der Waals surface area (Å²) in [6.45, 7) is 4.74. The standard InChI is InChI=1S/C18H26N2O4/c1-18(2,11-21)20-17(22)16-13(14-4-3-9-23-14)7-8-15(19-16)24-10-12-5-6-12/h7-8,12,14,21H,3-6,9-11H2,1-2H3,(H,20,22). The van der Waals surface area contributed by atoms with Crippen molar-refractivity contribution in [3.63, 3.8) is 0 Å². The van der Waals surface area contributed by atoms with Crippen LogP contribution in [0.5, 0.6) is 5.88 Å². The van der Waals surface area contributed by atoms with E-state index in [1.165, 1.54) is 12.8 Å². The van der Waals surface area contributed by atoms with Gasteiger partial charge in [-0.25, -0.2) is 4.98 Å². The maximum absolute atomic E-state index is 12.7. The molecule has 6 heteroatoms. The zero-order valence-electron chi connectivity index (χ0n) is 14.4. The largest absolute Gasteiger partial charge is 0.477 e. The number of nitrogens with zero attached hydrogens (tertiary/aromatic N) is 1. The number of amides is 1. The van der Waals surface area contributed by atoms with Gasteiger partial charge < -0.3 is 19.9 Å². The molecule has 2 fully saturated rings. The van der Waals surface area contributed by atoms with Gasteiger partial charge >= 0.3 is 0 Å². The lowest BCUT2D eigenvalue weighted by Gasteiger charge is -2.24. The summed E-state index contributed by atoms with van der Waals surface area (Å²) in [6.07, 6.45) is 4.16. The minimum Gasteiger partial charge on any atom is -0.477 e. The zero-order chi connectivity index (χ0) is 17.2. The summed E-state index contributed by atoms with van der Waals surface area (Å²) in [5.41, 5.74) is 0.409. The number of pyridine rings is 1. The van der Waals surface area contributed by atoms with Crippen LogP contribution >= 0.6 is 0 Å². The second-order valence-electron chi connectivity index (χ2n) is 7.34. The topological polar surface area (TPSA) is 80.7 Å². The van der Waals surface area contributed by atoms with Crippen LogP contribution in [0.15, 0.2) is 12.1 Å². The Morgan fingerprint density at radius 1 is 1.42 bits per heavy atom. The number of hydrogen-bond donors (Lipinski definition) is 2. The molecule has 6 nitrogen and oxygen atoms in total. The van der Waals surface area contributed by atoms with Crippen molar-refractivity contribution >= 4 is 5.91 Å². The molecule has 1 unspecified atom stereocenters. The van der Waals surface area contributed by atoms with E-state index >= 15 is 0 Å². The van der Waals surface area contributed by atoms with Gasteiger partial charge in [-0.15, -0.1) is 0 Å². The van der Waals surface area contributed by atoms with E-state index in [-0.39, 0.29) is 18.6 Å². The number of hydrogen-bond acceptors (Lipinski definition) is 5. The summed E-state index contributed by atoms with van der Waals surface area (Å²) in [5, 5.41) is 12.2.